The summed E-state index contributed by atoms with van der Waals surface area (Å²) in [7, 11) is 8.52. The van der Waals surface area contributed by atoms with E-state index in [2.05, 4.69) is 44.9 Å². The zero-order valence-corrected chi connectivity index (χ0v) is 10.4. The van der Waals surface area contributed by atoms with Crippen LogP contribution >= 0.6 is 0 Å². The third-order valence-electron chi connectivity index (χ3n) is 2.44. The molecule has 3 heteroatoms. The van der Waals surface area contributed by atoms with Gasteiger partial charge < -0.3 is 9.80 Å². The van der Waals surface area contributed by atoms with Gasteiger partial charge in [0.2, 0.25) is 0 Å². The molecule has 0 saturated carbocycles. The van der Waals surface area contributed by atoms with Crippen molar-refractivity contribution in [2.75, 3.05) is 41.3 Å². The average molecular weight is 276 g/mol. The fraction of sp³-hybridized carbons (Fsp3) is 0.917. The van der Waals surface area contributed by atoms with Crippen LogP contribution in [0.15, 0.2) is 0 Å². The molecule has 0 saturated heterocycles. The van der Waals surface area contributed by atoms with Gasteiger partial charge in [-0.3, -0.25) is 0 Å². The van der Waals surface area contributed by atoms with E-state index in [4.69, 9.17) is 0 Å². The molecule has 0 atom stereocenters. The molecule has 0 aromatic heterocycles. The summed E-state index contributed by atoms with van der Waals surface area (Å²) >= 11 is 0. The normalized spacial score (nSPS) is 11.2. The molecule has 0 N–H and O–H groups in total. The fourth-order valence-electron chi connectivity index (χ4n) is 1.54. The first-order chi connectivity index (χ1) is 6.52. The number of hydrogen-bond donors (Lipinski definition) is 0. The molecule has 0 fully saturated rings. The first-order valence-corrected chi connectivity index (χ1v) is 5.65. The molecule has 0 aromatic rings. The molecule has 0 spiro atoms. The van der Waals surface area contributed by atoms with E-state index in [0.29, 0.717) is 5.92 Å². The second kappa shape index (κ2) is 11.0. The Morgan fingerprint density at radius 3 is 1.47 bits per heavy atom. The van der Waals surface area contributed by atoms with Crippen LogP contribution in [0.25, 0.3) is 0 Å². The molecule has 0 amide bonds. The van der Waals surface area contributed by atoms with Gasteiger partial charge in [-0.25, -0.2) is 0 Å². The van der Waals surface area contributed by atoms with Crippen LogP contribution in [0.4, 0.5) is 0 Å². The molecule has 0 rings (SSSR count). The number of nitrogens with zero attached hydrogens (tertiary/aromatic N) is 2. The van der Waals surface area contributed by atoms with E-state index in [1.165, 1.54) is 38.8 Å². The number of hydrogen-bond acceptors (Lipinski definition) is 2. The molecule has 0 heterocycles. The molecule has 93 valence electrons. The van der Waals surface area contributed by atoms with Crippen LogP contribution in [0.5, 0.6) is 0 Å². The van der Waals surface area contributed by atoms with Gasteiger partial charge in [0.1, 0.15) is 0 Å². The second-order valence-electron chi connectivity index (χ2n) is 4.76. The third-order valence-corrected chi connectivity index (χ3v) is 2.44. The monoisotopic (exact) mass is 277 g/mol. The molecule has 0 aliphatic heterocycles. The van der Waals surface area contributed by atoms with Crippen molar-refractivity contribution in [1.29, 1.82) is 0 Å². The zero-order valence-electron chi connectivity index (χ0n) is 10.4. The van der Waals surface area contributed by atoms with Crippen LogP contribution < -0.4 is 0 Å². The second-order valence-corrected chi connectivity index (χ2v) is 4.76. The van der Waals surface area contributed by atoms with Crippen molar-refractivity contribution < 1.29 is 0 Å². The summed E-state index contributed by atoms with van der Waals surface area (Å²) in [4.78, 5) is 4.49. The third kappa shape index (κ3) is 14.5. The van der Waals surface area contributed by atoms with Gasteiger partial charge in [0.05, 0.1) is 0 Å². The Morgan fingerprint density at radius 2 is 1.20 bits per heavy atom. The molecule has 15 heavy (non-hydrogen) atoms. The molecule has 0 unspecified atom stereocenters. The first-order valence-electron chi connectivity index (χ1n) is 5.65. The topological polar surface area (TPSA) is 6.48 Å². The molecule has 0 aromatic carbocycles. The fourth-order valence-corrected chi connectivity index (χ4v) is 1.54. The summed E-state index contributed by atoms with van der Waals surface area (Å²) in [5.41, 5.74) is 0. The summed E-state index contributed by atoms with van der Waals surface area (Å²) in [6, 6.07) is 0. The Labute approximate surface area is 107 Å². The molecule has 1 radical (unpaired) electrons. The average Bonchev–Trinajstić information content (AvgIpc) is 2.02. The van der Waals surface area contributed by atoms with Gasteiger partial charge in [-0.15, -0.1) is 0 Å². The Morgan fingerprint density at radius 1 is 0.867 bits per heavy atom. The van der Waals surface area contributed by atoms with Crippen molar-refractivity contribution in [3.63, 3.8) is 0 Å². The molecular formula is C12H31GeN2. The Hall–Kier alpha value is 0.463. The minimum atomic E-state index is 0. The van der Waals surface area contributed by atoms with Gasteiger partial charge >= 0.3 is 17.6 Å². The van der Waals surface area contributed by atoms with Crippen molar-refractivity contribution in [1.82, 2.24) is 9.80 Å². The van der Waals surface area contributed by atoms with E-state index < -0.39 is 0 Å². The van der Waals surface area contributed by atoms with Crippen molar-refractivity contribution >= 4 is 17.6 Å². The Bertz CT molecular complexity index is 113. The van der Waals surface area contributed by atoms with Crippen LogP contribution in [0.2, 0.25) is 0 Å². The predicted molar refractivity (Wildman–Crippen MR) is 75.8 cm³/mol. The van der Waals surface area contributed by atoms with Gasteiger partial charge in [-0.05, 0) is 72.9 Å². The van der Waals surface area contributed by atoms with E-state index in [1.54, 1.807) is 0 Å². The van der Waals surface area contributed by atoms with Crippen molar-refractivity contribution in [2.24, 2.45) is 5.92 Å². The quantitative estimate of drug-likeness (QED) is 0.601. The van der Waals surface area contributed by atoms with Gasteiger partial charge in [-0.2, -0.15) is 0 Å². The van der Waals surface area contributed by atoms with Crippen molar-refractivity contribution in [2.45, 2.75) is 25.7 Å². The first kappa shape index (κ1) is 17.8. The summed E-state index contributed by atoms with van der Waals surface area (Å²) in [5, 5.41) is 0. The van der Waals surface area contributed by atoms with Gasteiger partial charge in [-0.1, -0.05) is 6.92 Å². The maximum atomic E-state index is 4.19. The van der Waals surface area contributed by atoms with E-state index >= 15 is 0 Å². The number of rotatable bonds is 8. The van der Waals surface area contributed by atoms with Crippen molar-refractivity contribution in [3.8, 4) is 0 Å². The summed E-state index contributed by atoms with van der Waals surface area (Å²) in [6.07, 6.45) is 5.10. The van der Waals surface area contributed by atoms with E-state index in [1.807, 2.05) is 0 Å². The Balaban J connectivity index is 0. The summed E-state index contributed by atoms with van der Waals surface area (Å²) in [5.74, 6) is 0.648. The van der Waals surface area contributed by atoms with Crippen LogP contribution in [0.1, 0.15) is 25.7 Å². The van der Waals surface area contributed by atoms with Crippen LogP contribution in [-0.2, 0) is 0 Å². The van der Waals surface area contributed by atoms with Crippen LogP contribution in [-0.4, -0.2) is 68.7 Å². The molecular weight excluding hydrogens is 245 g/mol. The Kier molecular flexibility index (Phi) is 13.0. The van der Waals surface area contributed by atoms with E-state index in [-0.39, 0.29) is 17.6 Å². The molecule has 0 aliphatic rings. The van der Waals surface area contributed by atoms with Crippen LogP contribution in [0, 0.1) is 12.8 Å². The van der Waals surface area contributed by atoms with Gasteiger partial charge in [0.15, 0.2) is 0 Å². The van der Waals surface area contributed by atoms with E-state index in [9.17, 15) is 0 Å². The SMILES string of the molecule is [CH2]C(CCCN(C)C)CCCN(C)C.[GeH4]. The van der Waals surface area contributed by atoms with Crippen LogP contribution in [0.3, 0.4) is 0 Å². The summed E-state index contributed by atoms with van der Waals surface area (Å²) < 4.78 is 0. The maximum absolute atomic E-state index is 4.19. The predicted octanol–water partition coefficient (Wildman–Crippen LogP) is 0.669. The zero-order chi connectivity index (χ0) is 11.0. The standard InChI is InChI=1S/C12H27N2.GeH4/c1-12(8-6-10-13(2)3)9-7-11-14(4)5;/h12H,1,6-11H2,2-5H3;1H4. The van der Waals surface area contributed by atoms with E-state index in [0.717, 1.165) is 0 Å². The molecule has 2 nitrogen and oxygen atoms in total. The molecule has 0 bridgehead atoms. The summed E-state index contributed by atoms with van der Waals surface area (Å²) in [6.45, 7) is 6.58. The molecule has 0 aliphatic carbocycles. The minimum absolute atomic E-state index is 0. The van der Waals surface area contributed by atoms with Gasteiger partial charge in [0, 0.05) is 0 Å². The van der Waals surface area contributed by atoms with Crippen molar-refractivity contribution in [3.05, 3.63) is 6.92 Å². The van der Waals surface area contributed by atoms with Gasteiger partial charge in [0.25, 0.3) is 0 Å².